The van der Waals surface area contributed by atoms with Gasteiger partial charge in [-0.1, -0.05) is 6.07 Å². The molecule has 1 aromatic rings. The number of carbonyl (C=O) groups is 1. The van der Waals surface area contributed by atoms with E-state index in [-0.39, 0.29) is 17.7 Å². The number of halogens is 3. The van der Waals surface area contributed by atoms with Gasteiger partial charge in [0.25, 0.3) is 0 Å². The van der Waals surface area contributed by atoms with Crippen LogP contribution in [-0.4, -0.2) is 26.0 Å². The second kappa shape index (κ2) is 6.31. The van der Waals surface area contributed by atoms with E-state index in [2.05, 4.69) is 9.47 Å². The lowest BCUT2D eigenvalue weighted by molar-refractivity contribution is -0.275. The number of rotatable bonds is 5. The van der Waals surface area contributed by atoms with Crippen LogP contribution < -0.4 is 9.47 Å². The van der Waals surface area contributed by atoms with Gasteiger partial charge in [-0.05, 0) is 13.0 Å². The van der Waals surface area contributed by atoms with Gasteiger partial charge < -0.3 is 14.2 Å². The molecule has 4 nitrogen and oxygen atoms in total. The van der Waals surface area contributed by atoms with Gasteiger partial charge in [0.1, 0.15) is 11.5 Å². The zero-order valence-electron chi connectivity index (χ0n) is 10.4. The molecular formula is C12H13F3O4. The van der Waals surface area contributed by atoms with Gasteiger partial charge in [0.2, 0.25) is 0 Å². The minimum absolute atomic E-state index is 0.0765. The van der Waals surface area contributed by atoms with Crippen molar-refractivity contribution in [3.8, 4) is 11.5 Å². The summed E-state index contributed by atoms with van der Waals surface area (Å²) in [6, 6.07) is 3.89. The van der Waals surface area contributed by atoms with Crippen LogP contribution in [0.5, 0.6) is 11.5 Å². The highest BCUT2D eigenvalue weighted by Crippen LogP contribution is 2.30. The molecule has 7 heteroatoms. The first-order valence-corrected chi connectivity index (χ1v) is 5.44. The molecule has 0 N–H and O–H groups in total. The average molecular weight is 278 g/mol. The lowest BCUT2D eigenvalue weighted by Crippen LogP contribution is -2.19. The second-order valence-electron chi connectivity index (χ2n) is 3.50. The van der Waals surface area contributed by atoms with Crippen molar-refractivity contribution in [2.75, 3.05) is 13.7 Å². The number of alkyl halides is 3. The largest absolute Gasteiger partial charge is 0.573 e. The number of ether oxygens (including phenoxy) is 3. The summed E-state index contributed by atoms with van der Waals surface area (Å²) in [4.78, 5) is 11.1. The van der Waals surface area contributed by atoms with Gasteiger partial charge in [-0.3, -0.25) is 4.79 Å². The zero-order valence-corrected chi connectivity index (χ0v) is 10.4. The smallest absolute Gasteiger partial charge is 0.494 e. The molecule has 0 atom stereocenters. The Morgan fingerprint density at radius 3 is 2.53 bits per heavy atom. The van der Waals surface area contributed by atoms with Crippen molar-refractivity contribution in [3.63, 3.8) is 0 Å². The summed E-state index contributed by atoms with van der Waals surface area (Å²) < 4.78 is 50.2. The molecular weight excluding hydrogens is 265 g/mol. The third-order valence-corrected chi connectivity index (χ3v) is 2.14. The molecule has 0 heterocycles. The number of esters is 1. The van der Waals surface area contributed by atoms with Crippen LogP contribution in [0.25, 0.3) is 0 Å². The maximum Gasteiger partial charge on any atom is 0.573 e. The monoisotopic (exact) mass is 278 g/mol. The van der Waals surface area contributed by atoms with Crippen molar-refractivity contribution in [2.45, 2.75) is 19.7 Å². The van der Waals surface area contributed by atoms with Gasteiger partial charge in [0.15, 0.2) is 0 Å². The number of benzene rings is 1. The molecule has 0 saturated heterocycles. The molecule has 0 spiro atoms. The van der Waals surface area contributed by atoms with Crippen molar-refractivity contribution < 1.29 is 32.2 Å². The molecule has 106 valence electrons. The summed E-state index contributed by atoms with van der Waals surface area (Å²) >= 11 is 0. The Morgan fingerprint density at radius 2 is 2.00 bits per heavy atom. The number of methoxy groups -OCH3 is 1. The molecule has 0 aromatic heterocycles. The van der Waals surface area contributed by atoms with E-state index in [1.165, 1.54) is 12.1 Å². The molecule has 0 unspecified atom stereocenters. The maximum absolute atomic E-state index is 12.3. The Labute approximate surface area is 108 Å². The molecule has 0 amide bonds. The van der Waals surface area contributed by atoms with Crippen LogP contribution in [0.3, 0.4) is 0 Å². The number of hydrogen-bond donors (Lipinski definition) is 0. The lowest BCUT2D eigenvalue weighted by atomic mass is 10.1. The fourth-order valence-corrected chi connectivity index (χ4v) is 1.38. The zero-order chi connectivity index (χ0) is 14.5. The van der Waals surface area contributed by atoms with Crippen LogP contribution in [-0.2, 0) is 16.0 Å². The molecule has 0 aliphatic carbocycles. The molecule has 0 aliphatic rings. The lowest BCUT2D eigenvalue weighted by Gasteiger charge is -2.14. The number of hydrogen-bond acceptors (Lipinski definition) is 4. The van der Waals surface area contributed by atoms with Crippen molar-refractivity contribution >= 4 is 5.97 Å². The van der Waals surface area contributed by atoms with Gasteiger partial charge in [0, 0.05) is 11.6 Å². The summed E-state index contributed by atoms with van der Waals surface area (Å²) in [6.07, 6.45) is -5.15. The molecule has 0 radical (unpaired) electrons. The van der Waals surface area contributed by atoms with E-state index in [1.807, 2.05) is 0 Å². The highest BCUT2D eigenvalue weighted by atomic mass is 19.4. The summed E-state index contributed by atoms with van der Waals surface area (Å²) in [5, 5.41) is 0. The third-order valence-electron chi connectivity index (χ3n) is 2.14. The summed E-state index contributed by atoms with van der Waals surface area (Å²) in [6.45, 7) is 2.01. The summed E-state index contributed by atoms with van der Waals surface area (Å²) in [5.74, 6) is -0.893. The van der Waals surface area contributed by atoms with Gasteiger partial charge in [0.05, 0.1) is 20.1 Å². The Balaban J connectivity index is 3.03. The maximum atomic E-state index is 12.3. The topological polar surface area (TPSA) is 44.8 Å². The minimum Gasteiger partial charge on any atom is -0.494 e. The van der Waals surface area contributed by atoms with Crippen LogP contribution >= 0.6 is 0 Å². The van der Waals surface area contributed by atoms with Gasteiger partial charge in [-0.25, -0.2) is 0 Å². The molecule has 0 aliphatic heterocycles. The normalized spacial score (nSPS) is 11.0. The van der Waals surface area contributed by atoms with E-state index in [0.717, 1.165) is 13.2 Å². The van der Waals surface area contributed by atoms with Crippen LogP contribution in [0, 0.1) is 0 Å². The molecule has 1 aromatic carbocycles. The predicted octanol–water partition coefficient (Wildman–Crippen LogP) is 2.70. The first kappa shape index (κ1) is 15.1. The Bertz CT molecular complexity index is 443. The predicted molar refractivity (Wildman–Crippen MR) is 60.0 cm³/mol. The Hall–Kier alpha value is -1.92. The first-order chi connectivity index (χ1) is 8.85. The SMILES string of the molecule is CCOc1ccc(CC(=O)OC)c(OC(F)(F)F)c1. The Kier molecular flexibility index (Phi) is 5.02. The summed E-state index contributed by atoms with van der Waals surface area (Å²) in [5.41, 5.74) is 0.0765. The van der Waals surface area contributed by atoms with Gasteiger partial charge in [-0.15, -0.1) is 13.2 Å². The van der Waals surface area contributed by atoms with Gasteiger partial charge >= 0.3 is 12.3 Å². The Morgan fingerprint density at radius 1 is 1.32 bits per heavy atom. The van der Waals surface area contributed by atoms with E-state index >= 15 is 0 Å². The van der Waals surface area contributed by atoms with Crippen molar-refractivity contribution in [3.05, 3.63) is 23.8 Å². The van der Waals surface area contributed by atoms with Crippen LogP contribution in [0.15, 0.2) is 18.2 Å². The van der Waals surface area contributed by atoms with E-state index in [9.17, 15) is 18.0 Å². The fourth-order valence-electron chi connectivity index (χ4n) is 1.38. The van der Waals surface area contributed by atoms with Crippen LogP contribution in [0.1, 0.15) is 12.5 Å². The van der Waals surface area contributed by atoms with Crippen LogP contribution in [0.4, 0.5) is 13.2 Å². The quantitative estimate of drug-likeness (QED) is 0.777. The van der Waals surface area contributed by atoms with E-state index in [4.69, 9.17) is 4.74 Å². The standard InChI is InChI=1S/C12H13F3O4/c1-3-18-9-5-4-8(6-11(16)17-2)10(7-9)19-12(13,14)15/h4-5,7H,3,6H2,1-2H3. The molecule has 0 saturated carbocycles. The fraction of sp³-hybridized carbons (Fsp3) is 0.417. The van der Waals surface area contributed by atoms with E-state index in [1.54, 1.807) is 6.92 Å². The van der Waals surface area contributed by atoms with Crippen molar-refractivity contribution in [1.82, 2.24) is 0 Å². The molecule has 0 fully saturated rings. The molecule has 1 rings (SSSR count). The van der Waals surface area contributed by atoms with E-state index in [0.29, 0.717) is 6.61 Å². The number of carbonyl (C=O) groups excluding carboxylic acids is 1. The van der Waals surface area contributed by atoms with Crippen molar-refractivity contribution in [2.24, 2.45) is 0 Å². The first-order valence-electron chi connectivity index (χ1n) is 5.44. The highest BCUT2D eigenvalue weighted by Gasteiger charge is 2.32. The molecule has 19 heavy (non-hydrogen) atoms. The summed E-state index contributed by atoms with van der Waals surface area (Å²) in [7, 11) is 1.15. The van der Waals surface area contributed by atoms with E-state index < -0.39 is 18.1 Å². The van der Waals surface area contributed by atoms with Gasteiger partial charge in [-0.2, -0.15) is 0 Å². The highest BCUT2D eigenvalue weighted by molar-refractivity contribution is 5.73. The minimum atomic E-state index is -4.84. The van der Waals surface area contributed by atoms with Crippen LogP contribution in [0.2, 0.25) is 0 Å². The molecule has 0 bridgehead atoms. The average Bonchev–Trinajstić information content (AvgIpc) is 2.30. The second-order valence-corrected chi connectivity index (χ2v) is 3.50. The van der Waals surface area contributed by atoms with Crippen molar-refractivity contribution in [1.29, 1.82) is 0 Å². The third kappa shape index (κ3) is 5.07.